The molecule has 0 aliphatic heterocycles. The summed E-state index contributed by atoms with van der Waals surface area (Å²) >= 11 is 0. The van der Waals surface area contributed by atoms with Crippen LogP contribution in [0.2, 0.25) is 0 Å². The van der Waals surface area contributed by atoms with Crippen molar-refractivity contribution in [3.8, 4) is 0 Å². The van der Waals surface area contributed by atoms with Crippen LogP contribution in [0.15, 0.2) is 12.2 Å². The maximum atomic E-state index is 12.0. The molecule has 0 fully saturated rings. The standard InChI is InChI=1S/C19H39N2O6P/c1-6-8-10-11-12-18(22)17(20-19(23)13-9-7-2)16-27-28(24,25)26-15-14-21(3,4)5/h11-12,17-18,22H,6-10,13-16H2,1-5H3,(H-,20,23,24,25)/b12-11+. The lowest BCUT2D eigenvalue weighted by Gasteiger charge is -2.29. The van der Waals surface area contributed by atoms with E-state index in [2.05, 4.69) is 12.2 Å². The first kappa shape index (κ1) is 27.2. The number of hydrogen-bond donors (Lipinski definition) is 2. The Morgan fingerprint density at radius 2 is 1.86 bits per heavy atom. The van der Waals surface area contributed by atoms with Crippen molar-refractivity contribution in [3.63, 3.8) is 0 Å². The first-order valence-corrected chi connectivity index (χ1v) is 11.5. The molecule has 0 aliphatic carbocycles. The number of rotatable bonds is 16. The molecular weight excluding hydrogens is 383 g/mol. The van der Waals surface area contributed by atoms with Crippen LogP contribution in [0.4, 0.5) is 0 Å². The molecular formula is C19H39N2O6P. The fourth-order valence-corrected chi connectivity index (χ4v) is 2.89. The average Bonchev–Trinajstić information content (AvgIpc) is 2.59. The number of nitrogens with one attached hydrogen (secondary N) is 1. The fraction of sp³-hybridized carbons (Fsp3) is 0.842. The van der Waals surface area contributed by atoms with Gasteiger partial charge in [-0.15, -0.1) is 0 Å². The van der Waals surface area contributed by atoms with Crippen LogP contribution < -0.4 is 10.2 Å². The first-order chi connectivity index (χ1) is 13.0. The van der Waals surface area contributed by atoms with Gasteiger partial charge in [-0.2, -0.15) is 0 Å². The predicted molar refractivity (Wildman–Crippen MR) is 109 cm³/mol. The minimum Gasteiger partial charge on any atom is -0.756 e. The Labute approximate surface area is 170 Å². The third-order valence-corrected chi connectivity index (χ3v) is 4.96. The average molecular weight is 423 g/mol. The topological polar surface area (TPSA) is 108 Å². The van der Waals surface area contributed by atoms with Crippen LogP contribution in [-0.2, 0) is 18.4 Å². The van der Waals surface area contributed by atoms with Crippen LogP contribution in [0.1, 0.15) is 52.4 Å². The van der Waals surface area contributed by atoms with E-state index in [1.54, 1.807) is 6.08 Å². The highest BCUT2D eigenvalue weighted by atomic mass is 31.2. The Morgan fingerprint density at radius 1 is 1.21 bits per heavy atom. The molecule has 0 aliphatic rings. The number of quaternary nitrogens is 1. The van der Waals surface area contributed by atoms with Gasteiger partial charge in [0.1, 0.15) is 13.2 Å². The lowest BCUT2D eigenvalue weighted by molar-refractivity contribution is -0.870. The van der Waals surface area contributed by atoms with Gasteiger partial charge in [-0.05, 0) is 12.8 Å². The quantitative estimate of drug-likeness (QED) is 0.170. The highest BCUT2D eigenvalue weighted by Gasteiger charge is 2.22. The lowest BCUT2D eigenvalue weighted by atomic mass is 10.1. The summed E-state index contributed by atoms with van der Waals surface area (Å²) in [4.78, 5) is 24.0. The minimum absolute atomic E-state index is 0.00270. The molecule has 0 spiro atoms. The number of carbonyl (C=O) groups is 1. The molecule has 3 unspecified atom stereocenters. The first-order valence-electron chi connectivity index (χ1n) is 10.1. The number of hydrogen-bond acceptors (Lipinski definition) is 6. The van der Waals surface area contributed by atoms with Gasteiger partial charge >= 0.3 is 0 Å². The van der Waals surface area contributed by atoms with Gasteiger partial charge in [-0.25, -0.2) is 0 Å². The summed E-state index contributed by atoms with van der Waals surface area (Å²) in [6.07, 6.45) is 7.07. The highest BCUT2D eigenvalue weighted by molar-refractivity contribution is 7.45. The normalized spacial score (nSPS) is 16.7. The van der Waals surface area contributed by atoms with Crippen molar-refractivity contribution in [3.05, 3.63) is 12.2 Å². The van der Waals surface area contributed by atoms with Crippen molar-refractivity contribution < 1.29 is 32.9 Å². The molecule has 166 valence electrons. The van der Waals surface area contributed by atoms with E-state index in [9.17, 15) is 19.4 Å². The molecule has 3 atom stereocenters. The highest BCUT2D eigenvalue weighted by Crippen LogP contribution is 2.38. The van der Waals surface area contributed by atoms with Gasteiger partial charge in [0.2, 0.25) is 5.91 Å². The van der Waals surface area contributed by atoms with Gasteiger partial charge in [0.25, 0.3) is 7.82 Å². The third kappa shape index (κ3) is 15.2. The molecule has 9 heteroatoms. The second-order valence-electron chi connectivity index (χ2n) is 7.93. The number of aliphatic hydroxyl groups is 1. The second-order valence-corrected chi connectivity index (χ2v) is 9.34. The Bertz CT molecular complexity index is 507. The van der Waals surface area contributed by atoms with Gasteiger partial charge in [0, 0.05) is 6.42 Å². The predicted octanol–water partition coefficient (Wildman–Crippen LogP) is 1.98. The van der Waals surface area contributed by atoms with E-state index in [0.717, 1.165) is 32.1 Å². The van der Waals surface area contributed by atoms with Gasteiger partial charge in [-0.3, -0.25) is 9.36 Å². The second kappa shape index (κ2) is 14.3. The molecule has 0 heterocycles. The third-order valence-electron chi connectivity index (χ3n) is 4.00. The summed E-state index contributed by atoms with van der Waals surface area (Å²) in [6, 6.07) is -0.869. The van der Waals surface area contributed by atoms with Crippen molar-refractivity contribution >= 4 is 13.7 Å². The van der Waals surface area contributed by atoms with Gasteiger partial charge < -0.3 is 28.8 Å². The number of phosphoric acid groups is 1. The molecule has 0 radical (unpaired) electrons. The van der Waals surface area contributed by atoms with E-state index in [0.29, 0.717) is 17.4 Å². The van der Waals surface area contributed by atoms with E-state index in [4.69, 9.17) is 9.05 Å². The molecule has 0 aromatic heterocycles. The number of likely N-dealkylation sites (N-methyl/N-ethyl adjacent to an activating group) is 1. The van der Waals surface area contributed by atoms with Gasteiger partial charge in [0.05, 0.1) is 39.9 Å². The van der Waals surface area contributed by atoms with Gasteiger partial charge in [-0.1, -0.05) is 45.3 Å². The monoisotopic (exact) mass is 422 g/mol. The number of phosphoric ester groups is 1. The summed E-state index contributed by atoms with van der Waals surface area (Å²) in [5.74, 6) is -0.247. The Kier molecular flexibility index (Phi) is 13.9. The molecule has 0 aromatic carbocycles. The maximum Gasteiger partial charge on any atom is 0.268 e. The molecule has 28 heavy (non-hydrogen) atoms. The number of unbranched alkanes of at least 4 members (excludes halogenated alkanes) is 3. The van der Waals surface area contributed by atoms with Crippen molar-refractivity contribution in [1.82, 2.24) is 5.32 Å². The summed E-state index contributed by atoms with van der Waals surface area (Å²) in [5.41, 5.74) is 0. The van der Waals surface area contributed by atoms with Crippen molar-refractivity contribution in [2.24, 2.45) is 0 Å². The van der Waals surface area contributed by atoms with E-state index in [1.807, 2.05) is 34.1 Å². The molecule has 0 saturated carbocycles. The molecule has 8 nitrogen and oxygen atoms in total. The van der Waals surface area contributed by atoms with Crippen LogP contribution in [0.25, 0.3) is 0 Å². The molecule has 0 rings (SSSR count). The Balaban J connectivity index is 4.78. The minimum atomic E-state index is -4.52. The van der Waals surface area contributed by atoms with Crippen molar-refractivity contribution in [2.45, 2.75) is 64.5 Å². The summed E-state index contributed by atoms with van der Waals surface area (Å²) in [6.45, 7) is 4.15. The zero-order valence-corrected chi connectivity index (χ0v) is 19.0. The van der Waals surface area contributed by atoms with Crippen LogP contribution in [0, 0.1) is 0 Å². The molecule has 0 bridgehead atoms. The van der Waals surface area contributed by atoms with Crippen LogP contribution >= 0.6 is 7.82 Å². The number of nitrogens with zero attached hydrogens (tertiary/aromatic N) is 1. The molecule has 0 saturated heterocycles. The summed E-state index contributed by atoms with van der Waals surface area (Å²) in [7, 11) is 1.24. The fourth-order valence-electron chi connectivity index (χ4n) is 2.17. The zero-order valence-electron chi connectivity index (χ0n) is 18.1. The van der Waals surface area contributed by atoms with Crippen LogP contribution in [-0.4, -0.2) is 68.5 Å². The molecule has 0 aromatic rings. The van der Waals surface area contributed by atoms with Crippen molar-refractivity contribution in [1.29, 1.82) is 0 Å². The van der Waals surface area contributed by atoms with E-state index < -0.39 is 20.0 Å². The van der Waals surface area contributed by atoms with Gasteiger partial charge in [0.15, 0.2) is 0 Å². The number of amides is 1. The maximum absolute atomic E-state index is 12.0. The number of aliphatic hydroxyl groups excluding tert-OH is 1. The molecule has 1 amide bonds. The summed E-state index contributed by atoms with van der Waals surface area (Å²) < 4.78 is 22.3. The number of allylic oxidation sites excluding steroid dienone is 1. The zero-order chi connectivity index (χ0) is 21.6. The van der Waals surface area contributed by atoms with Crippen LogP contribution in [0.5, 0.6) is 0 Å². The van der Waals surface area contributed by atoms with E-state index in [-0.39, 0.29) is 19.1 Å². The smallest absolute Gasteiger partial charge is 0.268 e. The van der Waals surface area contributed by atoms with E-state index >= 15 is 0 Å². The lowest BCUT2D eigenvalue weighted by Crippen LogP contribution is -2.45. The van der Waals surface area contributed by atoms with E-state index in [1.165, 1.54) is 0 Å². The van der Waals surface area contributed by atoms with Crippen molar-refractivity contribution in [2.75, 3.05) is 40.9 Å². The molecule has 2 N–H and O–H groups in total. The SMILES string of the molecule is CCCC/C=C/C(O)C(COP(=O)([O-])OCC[N+](C)(C)C)NC(=O)CCCC. The Hall–Kier alpha value is -0.760. The Morgan fingerprint density at radius 3 is 2.43 bits per heavy atom. The summed E-state index contributed by atoms with van der Waals surface area (Å²) in [5, 5.41) is 13.0. The largest absolute Gasteiger partial charge is 0.756 e. The number of carbonyl (C=O) groups excluding carboxylic acids is 1. The van der Waals surface area contributed by atoms with Crippen LogP contribution in [0.3, 0.4) is 0 Å².